The Morgan fingerprint density at radius 3 is 2.56 bits per heavy atom. The molecule has 3 N–H and O–H groups in total. The van der Waals surface area contributed by atoms with Crippen molar-refractivity contribution in [1.29, 1.82) is 0 Å². The van der Waals surface area contributed by atoms with Crippen molar-refractivity contribution in [3.63, 3.8) is 0 Å². The summed E-state index contributed by atoms with van der Waals surface area (Å²) < 4.78 is 12.7. The molecule has 3 aromatic rings. The van der Waals surface area contributed by atoms with Crippen molar-refractivity contribution in [3.8, 4) is 23.0 Å². The molecule has 2 fully saturated rings. The first-order valence-corrected chi connectivity index (χ1v) is 11.2. The molecule has 5 rings (SSSR count). The van der Waals surface area contributed by atoms with Crippen LogP contribution in [0, 0.1) is 0 Å². The molecule has 32 heavy (non-hydrogen) atoms. The number of hydrogen-bond acceptors (Lipinski definition) is 8. The van der Waals surface area contributed by atoms with E-state index in [9.17, 15) is 0 Å². The highest BCUT2D eigenvalue weighted by Crippen LogP contribution is 2.33. The molecule has 1 saturated heterocycles. The standard InChI is InChI=1S/C23H29N7O2/c1-31-22-18(16-7-3-2-4-8-16)15-30(28-22)23-26-20(25-17-9-5-6-10-17)19(24)21(27-23)29-11-13-32-14-12-29/h2-4,7-8,15,17H,5-6,9-14,24H2,1H3,(H,25,26,27). The van der Waals surface area contributed by atoms with E-state index < -0.39 is 0 Å². The number of nitrogens with zero attached hydrogens (tertiary/aromatic N) is 5. The van der Waals surface area contributed by atoms with Gasteiger partial charge >= 0.3 is 0 Å². The van der Waals surface area contributed by atoms with Gasteiger partial charge in [-0.1, -0.05) is 43.2 Å². The molecular formula is C23H29N7O2. The number of rotatable bonds is 6. The molecule has 0 bridgehead atoms. The first-order valence-electron chi connectivity index (χ1n) is 11.2. The average Bonchev–Trinajstić information content (AvgIpc) is 3.51. The minimum atomic E-state index is 0.379. The van der Waals surface area contributed by atoms with Crippen LogP contribution in [0.15, 0.2) is 36.5 Å². The first-order chi connectivity index (χ1) is 15.7. The fraction of sp³-hybridized carbons (Fsp3) is 0.435. The number of nitrogens with one attached hydrogen (secondary N) is 1. The van der Waals surface area contributed by atoms with E-state index in [-0.39, 0.29) is 0 Å². The van der Waals surface area contributed by atoms with Gasteiger partial charge in [-0.2, -0.15) is 9.97 Å². The number of anilines is 3. The van der Waals surface area contributed by atoms with Gasteiger partial charge in [-0.3, -0.25) is 0 Å². The van der Waals surface area contributed by atoms with Crippen molar-refractivity contribution >= 4 is 17.3 Å². The van der Waals surface area contributed by atoms with Crippen LogP contribution >= 0.6 is 0 Å². The van der Waals surface area contributed by atoms with Gasteiger partial charge in [-0.15, -0.1) is 5.10 Å². The Kier molecular flexibility index (Phi) is 5.81. The predicted molar refractivity (Wildman–Crippen MR) is 124 cm³/mol. The zero-order valence-corrected chi connectivity index (χ0v) is 18.3. The predicted octanol–water partition coefficient (Wildman–Crippen LogP) is 3.11. The highest BCUT2D eigenvalue weighted by molar-refractivity contribution is 5.76. The zero-order valence-electron chi connectivity index (χ0n) is 18.3. The summed E-state index contributed by atoms with van der Waals surface area (Å²) in [6.07, 6.45) is 6.60. The number of nitrogens with two attached hydrogens (primary N) is 1. The Labute approximate surface area is 187 Å². The third-order valence-electron chi connectivity index (χ3n) is 6.08. The molecule has 3 heterocycles. The number of methoxy groups -OCH3 is 1. The smallest absolute Gasteiger partial charge is 0.254 e. The molecule has 0 amide bonds. The minimum absolute atomic E-state index is 0.379. The summed E-state index contributed by atoms with van der Waals surface area (Å²) in [4.78, 5) is 11.8. The largest absolute Gasteiger partial charge is 0.479 e. The summed E-state index contributed by atoms with van der Waals surface area (Å²) in [6, 6.07) is 10.4. The molecular weight excluding hydrogens is 406 g/mol. The van der Waals surface area contributed by atoms with Crippen molar-refractivity contribution in [2.75, 3.05) is 49.4 Å². The average molecular weight is 436 g/mol. The lowest BCUT2D eigenvalue weighted by Crippen LogP contribution is -2.37. The van der Waals surface area contributed by atoms with Crippen molar-refractivity contribution in [3.05, 3.63) is 36.5 Å². The fourth-order valence-electron chi connectivity index (χ4n) is 4.37. The molecule has 0 radical (unpaired) electrons. The SMILES string of the molecule is COc1nn(-c2nc(NC3CCCC3)c(N)c(N3CCOCC3)n2)cc1-c1ccccc1. The maximum atomic E-state index is 6.57. The van der Waals surface area contributed by atoms with E-state index in [4.69, 9.17) is 25.2 Å². The van der Waals surface area contributed by atoms with Crippen LogP contribution in [-0.2, 0) is 4.74 Å². The molecule has 1 aromatic carbocycles. The lowest BCUT2D eigenvalue weighted by Gasteiger charge is -2.29. The highest BCUT2D eigenvalue weighted by Gasteiger charge is 2.24. The van der Waals surface area contributed by atoms with Crippen LogP contribution in [-0.4, -0.2) is 59.2 Å². The second-order valence-electron chi connectivity index (χ2n) is 8.20. The molecule has 2 aromatic heterocycles. The van der Waals surface area contributed by atoms with Crippen molar-refractivity contribution in [1.82, 2.24) is 19.7 Å². The van der Waals surface area contributed by atoms with E-state index in [2.05, 4.69) is 15.3 Å². The van der Waals surface area contributed by atoms with Crippen LogP contribution in [0.2, 0.25) is 0 Å². The van der Waals surface area contributed by atoms with Crippen LogP contribution in [0.1, 0.15) is 25.7 Å². The molecule has 0 atom stereocenters. The van der Waals surface area contributed by atoms with Gasteiger partial charge in [0.25, 0.3) is 5.95 Å². The Morgan fingerprint density at radius 2 is 1.84 bits per heavy atom. The molecule has 1 aliphatic heterocycles. The molecule has 0 spiro atoms. The summed E-state index contributed by atoms with van der Waals surface area (Å²) >= 11 is 0. The number of benzene rings is 1. The topological polar surface area (TPSA) is 103 Å². The molecule has 168 valence electrons. The first kappa shape index (κ1) is 20.6. The molecule has 2 aliphatic rings. The molecule has 9 heteroatoms. The minimum Gasteiger partial charge on any atom is -0.479 e. The van der Waals surface area contributed by atoms with Gasteiger partial charge in [-0.05, 0) is 18.4 Å². The van der Waals surface area contributed by atoms with Crippen molar-refractivity contribution in [2.45, 2.75) is 31.7 Å². The molecule has 1 saturated carbocycles. The van der Waals surface area contributed by atoms with E-state index in [1.165, 1.54) is 12.8 Å². The number of ether oxygens (including phenoxy) is 2. The van der Waals surface area contributed by atoms with E-state index in [0.717, 1.165) is 42.9 Å². The summed E-state index contributed by atoms with van der Waals surface area (Å²) in [5.74, 6) is 2.37. The summed E-state index contributed by atoms with van der Waals surface area (Å²) in [5.41, 5.74) is 9.04. The van der Waals surface area contributed by atoms with Gasteiger partial charge in [-0.25, -0.2) is 4.68 Å². The van der Waals surface area contributed by atoms with Crippen LogP contribution in [0.5, 0.6) is 5.88 Å². The lowest BCUT2D eigenvalue weighted by molar-refractivity contribution is 0.122. The Bertz CT molecular complexity index is 1060. The normalized spacial score (nSPS) is 17.0. The fourth-order valence-corrected chi connectivity index (χ4v) is 4.37. The van der Waals surface area contributed by atoms with Gasteiger partial charge in [0.2, 0.25) is 5.88 Å². The quantitative estimate of drug-likeness (QED) is 0.609. The van der Waals surface area contributed by atoms with Crippen LogP contribution < -0.4 is 20.7 Å². The third-order valence-corrected chi connectivity index (χ3v) is 6.08. The maximum absolute atomic E-state index is 6.57. The van der Waals surface area contributed by atoms with E-state index >= 15 is 0 Å². The number of nitrogen functional groups attached to an aromatic ring is 1. The zero-order chi connectivity index (χ0) is 21.9. The third kappa shape index (κ3) is 4.08. The Hall–Kier alpha value is -3.33. The van der Waals surface area contributed by atoms with E-state index in [0.29, 0.717) is 42.6 Å². The van der Waals surface area contributed by atoms with E-state index in [1.54, 1.807) is 11.8 Å². The number of hydrogen-bond donors (Lipinski definition) is 2. The highest BCUT2D eigenvalue weighted by atomic mass is 16.5. The van der Waals surface area contributed by atoms with Crippen molar-refractivity contribution < 1.29 is 9.47 Å². The Morgan fingerprint density at radius 1 is 1.09 bits per heavy atom. The lowest BCUT2D eigenvalue weighted by atomic mass is 10.1. The number of aromatic nitrogens is 4. The molecule has 0 unspecified atom stereocenters. The van der Waals surface area contributed by atoms with Gasteiger partial charge in [0.05, 0.1) is 25.9 Å². The van der Waals surface area contributed by atoms with E-state index in [1.807, 2.05) is 36.5 Å². The molecule has 1 aliphatic carbocycles. The number of morpholine rings is 1. The van der Waals surface area contributed by atoms with Gasteiger partial charge in [0.1, 0.15) is 5.69 Å². The summed E-state index contributed by atoms with van der Waals surface area (Å²) in [5, 5.41) is 8.18. The maximum Gasteiger partial charge on any atom is 0.254 e. The van der Waals surface area contributed by atoms with Gasteiger partial charge in [0, 0.05) is 25.3 Å². The molecule has 9 nitrogen and oxygen atoms in total. The van der Waals surface area contributed by atoms with Crippen LogP contribution in [0.4, 0.5) is 17.3 Å². The monoisotopic (exact) mass is 435 g/mol. The summed E-state index contributed by atoms with van der Waals surface area (Å²) in [7, 11) is 1.62. The second kappa shape index (κ2) is 9.04. The van der Waals surface area contributed by atoms with Crippen LogP contribution in [0.25, 0.3) is 17.1 Å². The van der Waals surface area contributed by atoms with Gasteiger partial charge in [0.15, 0.2) is 11.6 Å². The van der Waals surface area contributed by atoms with Gasteiger partial charge < -0.3 is 25.4 Å². The second-order valence-corrected chi connectivity index (χ2v) is 8.20. The summed E-state index contributed by atoms with van der Waals surface area (Å²) in [6.45, 7) is 2.78. The van der Waals surface area contributed by atoms with Crippen LogP contribution in [0.3, 0.4) is 0 Å². The Balaban J connectivity index is 1.57. The van der Waals surface area contributed by atoms with Crippen molar-refractivity contribution in [2.24, 2.45) is 0 Å².